The molecule has 24 heavy (non-hydrogen) atoms. The number of anilines is 1. The molecule has 0 bridgehead atoms. The molecule has 4 rings (SSSR count). The molecule has 4 aromatic heterocycles. The number of hydrogen-bond acceptors (Lipinski definition) is 8. The largest absolute Gasteiger partial charge is 0.369 e. The molecule has 2 N–H and O–H groups in total. The van der Waals surface area contributed by atoms with E-state index in [1.54, 1.807) is 18.6 Å². The summed E-state index contributed by atoms with van der Waals surface area (Å²) < 4.78 is 6.64. The van der Waals surface area contributed by atoms with E-state index in [9.17, 15) is 0 Å². The van der Waals surface area contributed by atoms with Gasteiger partial charge in [0, 0.05) is 29.5 Å². The Hall–Kier alpha value is -2.75. The van der Waals surface area contributed by atoms with Crippen LogP contribution in [0.5, 0.6) is 0 Å². The van der Waals surface area contributed by atoms with Crippen LogP contribution < -0.4 is 5.73 Å². The Kier molecular flexibility index (Phi) is 3.73. The van der Waals surface area contributed by atoms with E-state index in [1.807, 2.05) is 28.7 Å². The standard InChI is InChI=1S/C15H12N6O2S/c1-22-23-24-15-19-7-4-10(20-15)12-9-3-2-6-17-13(9)21-11(12)5-8-18-14(21)16/h2-8H,1H3,(H2,16,18). The van der Waals surface area contributed by atoms with E-state index in [2.05, 4.69) is 24.8 Å². The molecule has 0 aliphatic rings. The Morgan fingerprint density at radius 1 is 1.08 bits per heavy atom. The second kappa shape index (κ2) is 6.04. The molecule has 0 spiro atoms. The number of nitrogen functional groups attached to an aromatic ring is 1. The Morgan fingerprint density at radius 2 is 1.96 bits per heavy atom. The molecule has 0 atom stereocenters. The van der Waals surface area contributed by atoms with E-state index in [-0.39, 0.29) is 0 Å². The highest BCUT2D eigenvalue weighted by atomic mass is 32.2. The van der Waals surface area contributed by atoms with E-state index < -0.39 is 0 Å². The van der Waals surface area contributed by atoms with Crippen molar-refractivity contribution < 1.29 is 9.22 Å². The summed E-state index contributed by atoms with van der Waals surface area (Å²) in [5.41, 5.74) is 9.30. The maximum atomic E-state index is 6.05. The number of fused-ring (bicyclic) bond motifs is 3. The zero-order valence-corrected chi connectivity index (χ0v) is 13.4. The molecular formula is C15H12N6O2S. The third kappa shape index (κ3) is 2.35. The SMILES string of the molecule is COOSc1nccc(-c2c3cccnc3n3c(N)nccc23)n1. The minimum Gasteiger partial charge on any atom is -0.369 e. The summed E-state index contributed by atoms with van der Waals surface area (Å²) in [4.78, 5) is 21.8. The van der Waals surface area contributed by atoms with Crippen molar-refractivity contribution in [3.05, 3.63) is 42.9 Å². The van der Waals surface area contributed by atoms with E-state index >= 15 is 0 Å². The zero-order valence-electron chi connectivity index (χ0n) is 12.6. The summed E-state index contributed by atoms with van der Waals surface area (Å²) >= 11 is 0.942. The van der Waals surface area contributed by atoms with Gasteiger partial charge in [-0.1, -0.05) is 0 Å². The molecule has 0 amide bonds. The molecule has 4 heterocycles. The lowest BCUT2D eigenvalue weighted by Gasteiger charge is -2.03. The molecule has 9 heteroatoms. The summed E-state index contributed by atoms with van der Waals surface area (Å²) in [5, 5.41) is 1.37. The first-order chi connectivity index (χ1) is 11.8. The van der Waals surface area contributed by atoms with Crippen LogP contribution in [0, 0.1) is 0 Å². The van der Waals surface area contributed by atoms with Crippen LogP contribution in [0.25, 0.3) is 27.8 Å². The molecule has 0 aliphatic heterocycles. The Labute approximate surface area is 140 Å². The number of pyridine rings is 1. The third-order valence-electron chi connectivity index (χ3n) is 3.50. The number of aromatic nitrogens is 5. The molecule has 0 aliphatic carbocycles. The van der Waals surface area contributed by atoms with Gasteiger partial charge in [0.2, 0.25) is 11.1 Å². The van der Waals surface area contributed by atoms with Gasteiger partial charge in [-0.2, -0.15) is 4.33 Å². The zero-order chi connectivity index (χ0) is 16.5. The van der Waals surface area contributed by atoms with Gasteiger partial charge in [0.05, 0.1) is 18.3 Å². The summed E-state index contributed by atoms with van der Waals surface area (Å²) in [7, 11) is 1.42. The molecule has 0 fully saturated rings. The van der Waals surface area contributed by atoms with Crippen LogP contribution in [0.15, 0.2) is 48.0 Å². The van der Waals surface area contributed by atoms with Gasteiger partial charge in [-0.25, -0.2) is 24.8 Å². The van der Waals surface area contributed by atoms with Crippen molar-refractivity contribution in [1.29, 1.82) is 0 Å². The van der Waals surface area contributed by atoms with Gasteiger partial charge in [-0.3, -0.25) is 4.40 Å². The van der Waals surface area contributed by atoms with E-state index in [0.29, 0.717) is 11.1 Å². The quantitative estimate of drug-likeness (QED) is 0.262. The van der Waals surface area contributed by atoms with Crippen LogP contribution >= 0.6 is 12.0 Å². The highest BCUT2D eigenvalue weighted by Crippen LogP contribution is 2.34. The summed E-state index contributed by atoms with van der Waals surface area (Å²) in [6.45, 7) is 0. The van der Waals surface area contributed by atoms with Crippen LogP contribution in [0.4, 0.5) is 5.95 Å². The normalized spacial score (nSPS) is 11.4. The maximum absolute atomic E-state index is 6.05. The van der Waals surface area contributed by atoms with Crippen LogP contribution in [0.2, 0.25) is 0 Å². The van der Waals surface area contributed by atoms with Crippen molar-refractivity contribution in [2.45, 2.75) is 5.16 Å². The van der Waals surface area contributed by atoms with Gasteiger partial charge in [0.1, 0.15) is 17.7 Å². The maximum Gasteiger partial charge on any atom is 0.218 e. The fraction of sp³-hybridized carbons (Fsp3) is 0.0667. The van der Waals surface area contributed by atoms with Gasteiger partial charge >= 0.3 is 0 Å². The lowest BCUT2D eigenvalue weighted by atomic mass is 10.1. The minimum atomic E-state index is 0.369. The number of nitrogens with two attached hydrogens (primary N) is 1. The highest BCUT2D eigenvalue weighted by Gasteiger charge is 2.17. The van der Waals surface area contributed by atoms with Gasteiger partial charge in [-0.05, 0) is 24.3 Å². The fourth-order valence-corrected chi connectivity index (χ4v) is 2.99. The van der Waals surface area contributed by atoms with Crippen molar-refractivity contribution in [3.63, 3.8) is 0 Å². The summed E-state index contributed by atoms with van der Waals surface area (Å²) in [6, 6.07) is 7.56. The third-order valence-corrected chi connectivity index (χ3v) is 4.05. The average Bonchev–Trinajstić information content (AvgIpc) is 2.96. The first-order valence-corrected chi connectivity index (χ1v) is 7.74. The lowest BCUT2D eigenvalue weighted by molar-refractivity contribution is -0.160. The Bertz CT molecular complexity index is 1040. The van der Waals surface area contributed by atoms with E-state index in [1.165, 1.54) is 7.11 Å². The fourth-order valence-electron chi connectivity index (χ4n) is 2.62. The second-order valence-electron chi connectivity index (χ2n) is 4.82. The number of nitrogens with zero attached hydrogens (tertiary/aromatic N) is 5. The van der Waals surface area contributed by atoms with Gasteiger partial charge in [-0.15, -0.1) is 0 Å². The number of hydrogen-bond donors (Lipinski definition) is 1. The molecule has 0 saturated carbocycles. The molecular weight excluding hydrogens is 328 g/mol. The van der Waals surface area contributed by atoms with E-state index in [4.69, 9.17) is 10.1 Å². The average molecular weight is 340 g/mol. The van der Waals surface area contributed by atoms with Crippen LogP contribution in [-0.4, -0.2) is 31.4 Å². The van der Waals surface area contributed by atoms with Crippen LogP contribution in [-0.2, 0) is 9.22 Å². The molecule has 0 unspecified atom stereocenters. The summed E-state index contributed by atoms with van der Waals surface area (Å²) in [6.07, 6.45) is 5.05. The lowest BCUT2D eigenvalue weighted by Crippen LogP contribution is -1.99. The molecule has 8 nitrogen and oxygen atoms in total. The topological polar surface area (TPSA) is 100 Å². The Morgan fingerprint density at radius 3 is 2.83 bits per heavy atom. The monoisotopic (exact) mass is 340 g/mol. The van der Waals surface area contributed by atoms with Crippen molar-refractivity contribution in [2.24, 2.45) is 0 Å². The Balaban J connectivity index is 2.00. The smallest absolute Gasteiger partial charge is 0.218 e. The number of rotatable bonds is 4. The van der Waals surface area contributed by atoms with Crippen molar-refractivity contribution >= 4 is 34.5 Å². The van der Waals surface area contributed by atoms with Gasteiger partial charge in [0.15, 0.2) is 0 Å². The second-order valence-corrected chi connectivity index (χ2v) is 5.48. The van der Waals surface area contributed by atoms with Crippen molar-refractivity contribution in [1.82, 2.24) is 24.3 Å². The predicted octanol–water partition coefficient (Wildman–Crippen LogP) is 2.51. The van der Waals surface area contributed by atoms with E-state index in [0.717, 1.165) is 39.9 Å². The molecule has 0 radical (unpaired) electrons. The van der Waals surface area contributed by atoms with Crippen LogP contribution in [0.1, 0.15) is 0 Å². The molecule has 0 saturated heterocycles. The van der Waals surface area contributed by atoms with Gasteiger partial charge in [0.25, 0.3) is 0 Å². The van der Waals surface area contributed by atoms with Crippen LogP contribution in [0.3, 0.4) is 0 Å². The summed E-state index contributed by atoms with van der Waals surface area (Å²) in [5.74, 6) is 0.369. The first kappa shape index (κ1) is 14.8. The molecule has 0 aromatic carbocycles. The van der Waals surface area contributed by atoms with Crippen molar-refractivity contribution in [2.75, 3.05) is 12.8 Å². The van der Waals surface area contributed by atoms with Gasteiger partial charge < -0.3 is 5.73 Å². The first-order valence-electron chi connectivity index (χ1n) is 7.00. The minimum absolute atomic E-state index is 0.369. The van der Waals surface area contributed by atoms with Crippen molar-refractivity contribution in [3.8, 4) is 11.3 Å². The molecule has 4 aromatic rings. The molecule has 120 valence electrons. The predicted molar refractivity (Wildman–Crippen MR) is 89.9 cm³/mol. The highest BCUT2D eigenvalue weighted by molar-refractivity contribution is 7.94.